The number of nitrogens with one attached hydrogen (secondary N) is 1. The molecule has 0 radical (unpaired) electrons. The van der Waals surface area contributed by atoms with Gasteiger partial charge in [-0.2, -0.15) is 5.10 Å². The Labute approximate surface area is 189 Å². The van der Waals surface area contributed by atoms with Crippen LogP contribution in [0.3, 0.4) is 0 Å². The van der Waals surface area contributed by atoms with E-state index in [1.165, 1.54) is 30.6 Å². The number of piperidine rings is 1. The number of hydrogen-bond donors (Lipinski definition) is 1. The summed E-state index contributed by atoms with van der Waals surface area (Å²) in [5.41, 5.74) is 1.09. The van der Waals surface area contributed by atoms with Gasteiger partial charge in [0.2, 0.25) is 0 Å². The molecule has 1 fully saturated rings. The van der Waals surface area contributed by atoms with Crippen molar-refractivity contribution in [3.63, 3.8) is 0 Å². The van der Waals surface area contributed by atoms with E-state index in [9.17, 15) is 9.59 Å². The minimum Gasteiger partial charge on any atom is -0.351 e. The zero-order valence-electron chi connectivity index (χ0n) is 18.8. The number of likely N-dealkylation sites (tertiary alicyclic amines) is 1. The van der Waals surface area contributed by atoms with Crippen LogP contribution in [0, 0.1) is 5.92 Å². The van der Waals surface area contributed by atoms with E-state index in [4.69, 9.17) is 0 Å². The van der Waals surface area contributed by atoms with Gasteiger partial charge in [0.25, 0.3) is 11.5 Å². The van der Waals surface area contributed by atoms with E-state index in [0.29, 0.717) is 29.6 Å². The van der Waals surface area contributed by atoms with E-state index in [1.54, 1.807) is 12.1 Å². The first kappa shape index (κ1) is 22.2. The molecule has 6 nitrogen and oxygen atoms in total. The van der Waals surface area contributed by atoms with Gasteiger partial charge < -0.3 is 10.2 Å². The van der Waals surface area contributed by atoms with Crippen molar-refractivity contribution in [3.05, 3.63) is 76.2 Å². The highest BCUT2D eigenvalue weighted by Gasteiger charge is 2.17. The van der Waals surface area contributed by atoms with Crippen LogP contribution in [-0.4, -0.2) is 46.8 Å². The SMILES string of the molecule is CC1CCCN(CCCCNC(=O)c2nn(Cc3ccccc3)c(=O)c3ccccc23)C1. The van der Waals surface area contributed by atoms with Crippen LogP contribution >= 0.6 is 0 Å². The molecule has 0 saturated carbocycles. The minimum atomic E-state index is -0.227. The minimum absolute atomic E-state index is 0.184. The van der Waals surface area contributed by atoms with Crippen LogP contribution in [0.5, 0.6) is 0 Å². The topological polar surface area (TPSA) is 67.2 Å². The van der Waals surface area contributed by atoms with Gasteiger partial charge in [0.15, 0.2) is 5.69 Å². The van der Waals surface area contributed by atoms with Gasteiger partial charge in [-0.25, -0.2) is 4.68 Å². The van der Waals surface area contributed by atoms with Crippen molar-refractivity contribution in [2.45, 2.75) is 39.2 Å². The standard InChI is InChI=1S/C26H32N4O2/c1-20-10-9-17-29(18-20)16-8-7-15-27-25(31)24-22-13-5-6-14-23(22)26(32)30(28-24)19-21-11-3-2-4-12-21/h2-6,11-14,20H,7-10,15-19H2,1H3,(H,27,31). The fraction of sp³-hybridized carbons (Fsp3) is 0.423. The molecule has 6 heteroatoms. The Morgan fingerprint density at radius 2 is 1.81 bits per heavy atom. The number of fused-ring (bicyclic) bond motifs is 1. The second-order valence-corrected chi connectivity index (χ2v) is 8.85. The van der Waals surface area contributed by atoms with Gasteiger partial charge >= 0.3 is 0 Å². The van der Waals surface area contributed by atoms with Gasteiger partial charge in [-0.15, -0.1) is 0 Å². The average molecular weight is 433 g/mol. The lowest BCUT2D eigenvalue weighted by Crippen LogP contribution is -2.35. The number of nitrogens with zero attached hydrogens (tertiary/aromatic N) is 3. The summed E-state index contributed by atoms with van der Waals surface area (Å²) in [6.07, 6.45) is 4.61. The lowest BCUT2D eigenvalue weighted by Gasteiger charge is -2.30. The first-order valence-corrected chi connectivity index (χ1v) is 11.7. The third kappa shape index (κ3) is 5.43. The summed E-state index contributed by atoms with van der Waals surface area (Å²) in [5.74, 6) is 0.559. The molecule has 1 unspecified atom stereocenters. The monoisotopic (exact) mass is 432 g/mol. The molecule has 2 heterocycles. The number of hydrogen-bond acceptors (Lipinski definition) is 4. The molecule has 1 saturated heterocycles. The van der Waals surface area contributed by atoms with Gasteiger partial charge in [0.1, 0.15) is 0 Å². The molecule has 0 spiro atoms. The van der Waals surface area contributed by atoms with Crippen LogP contribution in [0.2, 0.25) is 0 Å². The van der Waals surface area contributed by atoms with Crippen molar-refractivity contribution in [2.75, 3.05) is 26.2 Å². The molecule has 1 aromatic heterocycles. The summed E-state index contributed by atoms with van der Waals surface area (Å²) in [5, 5.41) is 8.59. The second-order valence-electron chi connectivity index (χ2n) is 8.85. The normalized spacial score (nSPS) is 16.8. The maximum Gasteiger partial charge on any atom is 0.274 e. The molecular weight excluding hydrogens is 400 g/mol. The first-order chi connectivity index (χ1) is 15.6. The number of unbranched alkanes of at least 4 members (excludes halogenated alkanes) is 1. The Hall–Kier alpha value is -2.99. The molecule has 4 rings (SSSR count). The van der Waals surface area contributed by atoms with Gasteiger partial charge in [0, 0.05) is 18.5 Å². The predicted molar refractivity (Wildman–Crippen MR) is 128 cm³/mol. The summed E-state index contributed by atoms with van der Waals surface area (Å²) < 4.78 is 1.39. The quantitative estimate of drug-likeness (QED) is 0.552. The highest BCUT2D eigenvalue weighted by Crippen LogP contribution is 2.16. The Balaban J connectivity index is 1.42. The van der Waals surface area contributed by atoms with E-state index in [0.717, 1.165) is 30.9 Å². The van der Waals surface area contributed by atoms with Gasteiger partial charge in [-0.05, 0) is 56.3 Å². The Bertz CT molecular complexity index is 1110. The number of aromatic nitrogens is 2. The van der Waals surface area contributed by atoms with Crippen LogP contribution < -0.4 is 10.9 Å². The Morgan fingerprint density at radius 1 is 1.06 bits per heavy atom. The molecule has 1 N–H and O–H groups in total. The van der Waals surface area contributed by atoms with Gasteiger partial charge in [-0.3, -0.25) is 9.59 Å². The van der Waals surface area contributed by atoms with Crippen LogP contribution in [0.4, 0.5) is 0 Å². The molecule has 3 aromatic rings. The smallest absolute Gasteiger partial charge is 0.274 e. The number of carbonyl (C=O) groups excluding carboxylic acids is 1. The second kappa shape index (κ2) is 10.6. The van der Waals surface area contributed by atoms with E-state index in [-0.39, 0.29) is 11.5 Å². The van der Waals surface area contributed by atoms with Crippen molar-refractivity contribution in [2.24, 2.45) is 5.92 Å². The zero-order valence-corrected chi connectivity index (χ0v) is 18.8. The summed E-state index contributed by atoms with van der Waals surface area (Å²) in [6, 6.07) is 16.9. The van der Waals surface area contributed by atoms with Crippen LogP contribution in [0.15, 0.2) is 59.4 Å². The molecule has 1 atom stereocenters. The molecule has 1 amide bonds. The molecule has 32 heavy (non-hydrogen) atoms. The highest BCUT2D eigenvalue weighted by atomic mass is 16.2. The van der Waals surface area contributed by atoms with Gasteiger partial charge in [-0.1, -0.05) is 55.5 Å². The first-order valence-electron chi connectivity index (χ1n) is 11.7. The highest BCUT2D eigenvalue weighted by molar-refractivity contribution is 6.04. The largest absolute Gasteiger partial charge is 0.351 e. The van der Waals surface area contributed by atoms with Crippen LogP contribution in [0.25, 0.3) is 10.8 Å². The third-order valence-electron chi connectivity index (χ3n) is 6.19. The summed E-state index contributed by atoms with van der Waals surface area (Å²) in [6.45, 7) is 6.72. The number of carbonyl (C=O) groups is 1. The molecular formula is C26H32N4O2. The van der Waals surface area contributed by atoms with E-state index in [1.807, 2.05) is 42.5 Å². The lowest BCUT2D eigenvalue weighted by atomic mass is 10.0. The molecule has 0 bridgehead atoms. The number of benzene rings is 2. The van der Waals surface area contributed by atoms with E-state index in [2.05, 4.69) is 22.2 Å². The average Bonchev–Trinajstić information content (AvgIpc) is 2.81. The zero-order chi connectivity index (χ0) is 22.3. The molecule has 168 valence electrons. The molecule has 1 aliphatic heterocycles. The van der Waals surface area contributed by atoms with Crippen molar-refractivity contribution in [1.29, 1.82) is 0 Å². The van der Waals surface area contributed by atoms with Crippen LogP contribution in [-0.2, 0) is 6.54 Å². The maximum absolute atomic E-state index is 13.0. The summed E-state index contributed by atoms with van der Waals surface area (Å²) in [7, 11) is 0. The molecule has 1 aliphatic rings. The Kier molecular flexibility index (Phi) is 7.32. The van der Waals surface area contributed by atoms with Crippen molar-refractivity contribution in [1.82, 2.24) is 20.0 Å². The third-order valence-corrected chi connectivity index (χ3v) is 6.19. The molecule has 2 aromatic carbocycles. The van der Waals surface area contributed by atoms with Crippen LogP contribution in [0.1, 0.15) is 48.7 Å². The summed E-state index contributed by atoms with van der Waals surface area (Å²) >= 11 is 0. The molecule has 0 aliphatic carbocycles. The predicted octanol–water partition coefficient (Wildman–Crippen LogP) is 3.69. The van der Waals surface area contributed by atoms with E-state index >= 15 is 0 Å². The number of amides is 1. The lowest BCUT2D eigenvalue weighted by molar-refractivity contribution is 0.0946. The fourth-order valence-electron chi connectivity index (χ4n) is 4.50. The van der Waals surface area contributed by atoms with Crippen molar-refractivity contribution < 1.29 is 4.79 Å². The van der Waals surface area contributed by atoms with E-state index < -0.39 is 0 Å². The van der Waals surface area contributed by atoms with Crippen molar-refractivity contribution >= 4 is 16.7 Å². The summed E-state index contributed by atoms with van der Waals surface area (Å²) in [4.78, 5) is 28.5. The van der Waals surface area contributed by atoms with Gasteiger partial charge in [0.05, 0.1) is 11.9 Å². The number of rotatable bonds is 8. The fourth-order valence-corrected chi connectivity index (χ4v) is 4.50. The maximum atomic E-state index is 13.0. The van der Waals surface area contributed by atoms with Crippen molar-refractivity contribution in [3.8, 4) is 0 Å². The Morgan fingerprint density at radius 3 is 2.59 bits per heavy atom.